The molecule has 9 atom stereocenters. The highest BCUT2D eigenvalue weighted by Gasteiger charge is 2.42. The van der Waals surface area contributed by atoms with Crippen LogP contribution in [0.5, 0.6) is 5.75 Å². The summed E-state index contributed by atoms with van der Waals surface area (Å²) in [5.74, 6) is 1.19. The van der Waals surface area contributed by atoms with E-state index < -0.39 is 36.8 Å². The zero-order chi connectivity index (χ0) is 45.8. The molecule has 3 aromatic carbocycles. The number of aliphatic hydroxyl groups is 1. The quantitative estimate of drug-likeness (QED) is 0.0793. The number of aromatic amines is 1. The number of carbonyl (C=O) groups excluding carboxylic acids is 3. The van der Waals surface area contributed by atoms with Crippen LogP contribution in [0.25, 0.3) is 38.6 Å². The molecule has 0 saturated carbocycles. The van der Waals surface area contributed by atoms with Crippen LogP contribution in [0.2, 0.25) is 0 Å². The zero-order valence-corrected chi connectivity index (χ0v) is 37.6. The lowest BCUT2D eigenvalue weighted by Crippen LogP contribution is -2.55. The van der Waals surface area contributed by atoms with Crippen molar-refractivity contribution in [2.45, 2.75) is 83.0 Å². The molecule has 3 aliphatic heterocycles. The highest BCUT2D eigenvalue weighted by molar-refractivity contribution is 6.07. The van der Waals surface area contributed by atoms with Gasteiger partial charge in [0.1, 0.15) is 30.3 Å². The van der Waals surface area contributed by atoms with E-state index in [-0.39, 0.29) is 35.7 Å². The number of hydrogen-bond donors (Lipinski definition) is 5. The number of nitrogens with one attached hydrogen (secondary N) is 3. The number of nitrogens with two attached hydrogens (primary N) is 1. The molecule has 0 bridgehead atoms. The Balaban J connectivity index is 1.11. The predicted molar refractivity (Wildman–Crippen MR) is 240 cm³/mol. The van der Waals surface area contributed by atoms with Crippen molar-refractivity contribution in [1.29, 1.82) is 0 Å². The molecule has 344 valence electrons. The lowest BCUT2D eigenvalue weighted by Gasteiger charge is -2.32. The number of aliphatic imine (C=N–C) groups is 1. The third-order valence-corrected chi connectivity index (χ3v) is 12.6. The molecular formula is C46H60N8O10. The highest BCUT2D eigenvalue weighted by atomic mass is 16.6. The van der Waals surface area contributed by atoms with Gasteiger partial charge in [0.25, 0.3) is 0 Å². The van der Waals surface area contributed by atoms with Gasteiger partial charge < -0.3 is 59.4 Å². The molecule has 7 rings (SSSR count). The fourth-order valence-corrected chi connectivity index (χ4v) is 9.02. The van der Waals surface area contributed by atoms with Gasteiger partial charge in [-0.05, 0) is 78.9 Å². The number of alkyl carbamates (subject to hydrolysis) is 1. The molecule has 4 aromatic rings. The minimum absolute atomic E-state index is 0.0705. The summed E-state index contributed by atoms with van der Waals surface area (Å²) in [5, 5.41) is 17.5. The second-order valence-electron chi connectivity index (χ2n) is 16.9. The Morgan fingerprint density at radius 3 is 2.44 bits per heavy atom. The van der Waals surface area contributed by atoms with Gasteiger partial charge in [-0.3, -0.25) is 19.9 Å². The molecule has 18 heteroatoms. The van der Waals surface area contributed by atoms with Crippen molar-refractivity contribution in [3.63, 3.8) is 0 Å². The smallest absolute Gasteiger partial charge is 0.407 e. The van der Waals surface area contributed by atoms with Gasteiger partial charge in [0.15, 0.2) is 0 Å². The van der Waals surface area contributed by atoms with Crippen molar-refractivity contribution in [3.8, 4) is 16.9 Å². The number of nitrogens with zero attached hydrogens (tertiary/aromatic N) is 4. The molecule has 18 nitrogen and oxygen atoms in total. The number of imidazole rings is 1. The van der Waals surface area contributed by atoms with Crippen LogP contribution in [-0.4, -0.2) is 141 Å². The summed E-state index contributed by atoms with van der Waals surface area (Å²) in [6, 6.07) is 11.7. The lowest BCUT2D eigenvalue weighted by atomic mass is 9.92. The Morgan fingerprint density at radius 1 is 0.969 bits per heavy atom. The van der Waals surface area contributed by atoms with Gasteiger partial charge in [-0.15, -0.1) is 0 Å². The minimum Gasteiger partial charge on any atom is -0.488 e. The first-order valence-electron chi connectivity index (χ1n) is 21.5. The SMILES string of the molecule is COC[C@H]1C[C@@H](C=N/C=C(\N)c2ccc3c(c2)COc2cc4c(ccc5[nH]c([C@@H]6C[C@H](C)CN6C(=O)C(NC(O)OC)[C@@H](C)OC)nc54)cc2-3)N(C(=O)[C@@H](NC(=O)OC)[C@@H](C)OC)C1. The van der Waals surface area contributed by atoms with Crippen molar-refractivity contribution >= 4 is 51.6 Å². The van der Waals surface area contributed by atoms with E-state index in [1.807, 2.05) is 35.2 Å². The first kappa shape index (κ1) is 46.4. The monoisotopic (exact) mass is 884 g/mol. The molecule has 1 aromatic heterocycles. The normalized spacial score (nSPS) is 22.2. The first-order valence-corrected chi connectivity index (χ1v) is 21.5. The van der Waals surface area contributed by atoms with Crippen molar-refractivity contribution in [1.82, 2.24) is 30.4 Å². The number of likely N-dealkylation sites (tertiary alicyclic amines) is 2. The standard InChI is InChI=1S/C46H60N8O10/c1-24-13-37(54(20-24)44(56)40(26(3)61-6)52-46(58)63-8)42-49-36-12-10-28-16-34-32-11-9-29(15-30(32)23-64-38(34)17-33(28)41(36)50-42)35(47)19-48-18-31-14-27(22-59-4)21-53(31)43(55)39(25(2)60-5)51-45(57)62-7/h9-12,15-19,24-27,31,37,39-40,46,52,58H,13-14,20-23,47H2,1-8H3,(H,49,50)(H,51,57)/b35-19-,48-18?/t24-,25+,26+,27-,31-,37-,39-,40?,46?/m0/s1. The minimum atomic E-state index is -1.33. The van der Waals surface area contributed by atoms with Gasteiger partial charge in [0.2, 0.25) is 18.2 Å². The summed E-state index contributed by atoms with van der Waals surface area (Å²) < 4.78 is 32.5. The van der Waals surface area contributed by atoms with E-state index in [0.29, 0.717) is 44.2 Å². The second-order valence-corrected chi connectivity index (χ2v) is 16.9. The summed E-state index contributed by atoms with van der Waals surface area (Å²) in [7, 11) is 7.22. The van der Waals surface area contributed by atoms with E-state index in [1.54, 1.807) is 38.3 Å². The van der Waals surface area contributed by atoms with Crippen LogP contribution >= 0.6 is 0 Å². The van der Waals surface area contributed by atoms with Gasteiger partial charge in [0.05, 0.1) is 60.9 Å². The molecule has 0 spiro atoms. The summed E-state index contributed by atoms with van der Waals surface area (Å²) in [4.78, 5) is 56.6. The molecule has 2 saturated heterocycles. The molecule has 2 fully saturated rings. The predicted octanol–water partition coefficient (Wildman–Crippen LogP) is 4.05. The number of aromatic nitrogens is 2. The number of H-pyrrole nitrogens is 1. The van der Waals surface area contributed by atoms with Gasteiger partial charge in [-0.2, -0.15) is 0 Å². The van der Waals surface area contributed by atoms with Crippen molar-refractivity contribution in [3.05, 3.63) is 65.6 Å². The maximum Gasteiger partial charge on any atom is 0.407 e. The largest absolute Gasteiger partial charge is 0.488 e. The Bertz CT molecular complexity index is 2400. The van der Waals surface area contributed by atoms with Crippen LogP contribution in [0.4, 0.5) is 4.79 Å². The Labute approximate surface area is 372 Å². The van der Waals surface area contributed by atoms with Crippen molar-refractivity contribution in [2.75, 3.05) is 55.2 Å². The summed E-state index contributed by atoms with van der Waals surface area (Å²) in [5.41, 5.74) is 12.4. The Kier molecular flexibility index (Phi) is 14.5. The van der Waals surface area contributed by atoms with Crippen LogP contribution in [-0.2, 0) is 39.9 Å². The van der Waals surface area contributed by atoms with Crippen LogP contribution < -0.4 is 21.1 Å². The van der Waals surface area contributed by atoms with Gasteiger partial charge in [-0.1, -0.05) is 25.1 Å². The molecule has 4 heterocycles. The fraction of sp³-hybridized carbons (Fsp3) is 0.500. The van der Waals surface area contributed by atoms with E-state index in [9.17, 15) is 19.5 Å². The van der Waals surface area contributed by atoms with Gasteiger partial charge in [0, 0.05) is 64.6 Å². The van der Waals surface area contributed by atoms with E-state index in [1.165, 1.54) is 28.4 Å². The molecule has 2 unspecified atom stereocenters. The average Bonchev–Trinajstić information content (AvgIpc) is 4.04. The topological polar surface area (TPSA) is 224 Å². The summed E-state index contributed by atoms with van der Waals surface area (Å²) >= 11 is 0. The molecule has 64 heavy (non-hydrogen) atoms. The van der Waals surface area contributed by atoms with Crippen LogP contribution in [0, 0.1) is 11.8 Å². The van der Waals surface area contributed by atoms with Crippen LogP contribution in [0.1, 0.15) is 56.6 Å². The zero-order valence-electron chi connectivity index (χ0n) is 37.6. The first-order chi connectivity index (χ1) is 30.8. The number of benzene rings is 3. The summed E-state index contributed by atoms with van der Waals surface area (Å²) in [6.07, 6.45) is 1.42. The lowest BCUT2D eigenvalue weighted by molar-refractivity contribution is -0.149. The number of ether oxygens (including phenoxy) is 6. The highest BCUT2D eigenvalue weighted by Crippen LogP contribution is 2.43. The van der Waals surface area contributed by atoms with E-state index in [2.05, 4.69) is 39.7 Å². The second kappa shape index (κ2) is 20.0. The number of aliphatic hydroxyl groups excluding tert-OH is 1. The van der Waals surface area contributed by atoms with Crippen molar-refractivity contribution in [2.24, 2.45) is 22.6 Å². The number of rotatable bonds is 16. The number of carbonyl (C=O) groups is 3. The average molecular weight is 885 g/mol. The van der Waals surface area contributed by atoms with Gasteiger partial charge >= 0.3 is 6.09 Å². The van der Waals surface area contributed by atoms with E-state index >= 15 is 0 Å². The van der Waals surface area contributed by atoms with E-state index in [0.717, 1.165) is 56.2 Å². The van der Waals surface area contributed by atoms with Gasteiger partial charge in [-0.25, -0.2) is 9.78 Å². The molecule has 6 N–H and O–H groups in total. The van der Waals surface area contributed by atoms with E-state index in [4.69, 9.17) is 39.1 Å². The van der Waals surface area contributed by atoms with Crippen molar-refractivity contribution < 1.29 is 47.9 Å². The third kappa shape index (κ3) is 9.57. The number of amides is 3. The molecule has 0 aliphatic carbocycles. The third-order valence-electron chi connectivity index (χ3n) is 12.6. The van der Waals surface area contributed by atoms with Crippen LogP contribution in [0.3, 0.4) is 0 Å². The number of methoxy groups -OCH3 is 5. The van der Waals surface area contributed by atoms with Crippen LogP contribution in [0.15, 0.2) is 53.7 Å². The number of hydrogen-bond acceptors (Lipinski definition) is 14. The molecular weight excluding hydrogens is 825 g/mol. The number of fused-ring (bicyclic) bond motifs is 6. The molecule has 3 amide bonds. The summed E-state index contributed by atoms with van der Waals surface area (Å²) in [6.45, 7) is 7.33. The molecule has 3 aliphatic rings. The molecule has 0 radical (unpaired) electrons. The Morgan fingerprint density at radius 2 is 1.72 bits per heavy atom. The maximum atomic E-state index is 14.0. The maximum absolute atomic E-state index is 14.0. The fourth-order valence-electron chi connectivity index (χ4n) is 9.02. The Hall–Kier alpha value is -5.63.